The largest absolute Gasteiger partial charge is 0.390 e. The van der Waals surface area contributed by atoms with Crippen molar-refractivity contribution in [1.29, 1.82) is 0 Å². The number of aryl methyl sites for hydroxylation is 2. The van der Waals surface area contributed by atoms with E-state index in [1.54, 1.807) is 0 Å². The molecule has 0 bridgehead atoms. The predicted octanol–water partition coefficient (Wildman–Crippen LogP) is 4.90. The number of hydrogen-bond donors (Lipinski definition) is 1. The van der Waals surface area contributed by atoms with Crippen molar-refractivity contribution >= 4 is 0 Å². The molecule has 1 N–H and O–H groups in total. The Labute approximate surface area is 119 Å². The topological polar surface area (TPSA) is 20.2 Å². The summed E-state index contributed by atoms with van der Waals surface area (Å²) in [7, 11) is 0. The number of unbranched alkanes of at least 4 members (excludes halogenated alkanes) is 1. The lowest BCUT2D eigenvalue weighted by Crippen LogP contribution is -2.28. The summed E-state index contributed by atoms with van der Waals surface area (Å²) in [4.78, 5) is 0. The first kappa shape index (κ1) is 16.2. The van der Waals surface area contributed by atoms with E-state index in [4.69, 9.17) is 0 Å². The molecule has 1 rings (SSSR count). The third-order valence-corrected chi connectivity index (χ3v) is 4.06. The molecule has 108 valence electrons. The number of rotatable bonds is 9. The molecule has 1 nitrogen and oxygen atoms in total. The van der Waals surface area contributed by atoms with E-state index < -0.39 is 5.60 Å². The first-order valence-corrected chi connectivity index (χ1v) is 7.93. The maximum Gasteiger partial charge on any atom is 0.0648 e. The Kier molecular flexibility index (Phi) is 7.15. The van der Waals surface area contributed by atoms with Gasteiger partial charge in [0.1, 0.15) is 0 Å². The van der Waals surface area contributed by atoms with E-state index in [-0.39, 0.29) is 0 Å². The first-order chi connectivity index (χ1) is 9.13. The van der Waals surface area contributed by atoms with Crippen molar-refractivity contribution in [3.8, 4) is 0 Å². The highest BCUT2D eigenvalue weighted by molar-refractivity contribution is 5.24. The van der Waals surface area contributed by atoms with Crippen LogP contribution in [-0.4, -0.2) is 10.7 Å². The molecule has 1 unspecified atom stereocenters. The van der Waals surface area contributed by atoms with Crippen LogP contribution >= 0.6 is 0 Å². The molecule has 0 saturated heterocycles. The van der Waals surface area contributed by atoms with Gasteiger partial charge in [-0.25, -0.2) is 0 Å². The maximum atomic E-state index is 10.5. The van der Waals surface area contributed by atoms with Crippen molar-refractivity contribution in [1.82, 2.24) is 0 Å². The Bertz CT molecular complexity index is 358. The molecule has 1 aromatic carbocycles. The van der Waals surface area contributed by atoms with Crippen LogP contribution in [0, 0.1) is 0 Å². The summed E-state index contributed by atoms with van der Waals surface area (Å²) in [6.45, 7) is 6.47. The fourth-order valence-corrected chi connectivity index (χ4v) is 2.64. The summed E-state index contributed by atoms with van der Waals surface area (Å²) >= 11 is 0. The molecular weight excluding hydrogens is 232 g/mol. The van der Waals surface area contributed by atoms with E-state index in [9.17, 15) is 5.11 Å². The highest BCUT2D eigenvalue weighted by Crippen LogP contribution is 2.24. The monoisotopic (exact) mass is 262 g/mol. The van der Waals surface area contributed by atoms with Crippen molar-refractivity contribution in [3.63, 3.8) is 0 Å². The summed E-state index contributed by atoms with van der Waals surface area (Å²) in [5, 5.41) is 10.5. The summed E-state index contributed by atoms with van der Waals surface area (Å²) in [6.07, 6.45) is 8.39. The van der Waals surface area contributed by atoms with Gasteiger partial charge in [0.05, 0.1) is 5.60 Å². The minimum atomic E-state index is -0.464. The lowest BCUT2D eigenvalue weighted by molar-refractivity contribution is 0.0185. The maximum absolute atomic E-state index is 10.5. The molecule has 0 aliphatic carbocycles. The molecule has 1 heteroatoms. The Morgan fingerprint density at radius 2 is 1.63 bits per heavy atom. The summed E-state index contributed by atoms with van der Waals surface area (Å²) in [6, 6.07) is 8.89. The van der Waals surface area contributed by atoms with E-state index in [0.29, 0.717) is 0 Å². The summed E-state index contributed by atoms with van der Waals surface area (Å²) in [5.74, 6) is 0. The van der Waals surface area contributed by atoms with Crippen LogP contribution in [0.3, 0.4) is 0 Å². The van der Waals surface area contributed by atoms with Crippen molar-refractivity contribution in [3.05, 3.63) is 35.4 Å². The third-order valence-electron chi connectivity index (χ3n) is 4.06. The van der Waals surface area contributed by atoms with Crippen molar-refractivity contribution in [2.45, 2.75) is 77.7 Å². The van der Waals surface area contributed by atoms with Gasteiger partial charge in [0.15, 0.2) is 0 Å². The van der Waals surface area contributed by atoms with Crippen LogP contribution in [0.2, 0.25) is 0 Å². The van der Waals surface area contributed by atoms with Gasteiger partial charge in [0, 0.05) is 0 Å². The van der Waals surface area contributed by atoms with Crippen LogP contribution in [0.4, 0.5) is 0 Å². The molecule has 0 amide bonds. The molecule has 1 aromatic rings. The number of aliphatic hydroxyl groups is 1. The smallest absolute Gasteiger partial charge is 0.0648 e. The van der Waals surface area contributed by atoms with Crippen LogP contribution in [0.1, 0.15) is 70.4 Å². The lowest BCUT2D eigenvalue weighted by atomic mass is 9.88. The fourth-order valence-electron chi connectivity index (χ4n) is 2.64. The van der Waals surface area contributed by atoms with Crippen molar-refractivity contribution in [2.75, 3.05) is 0 Å². The Morgan fingerprint density at radius 3 is 2.21 bits per heavy atom. The van der Waals surface area contributed by atoms with Gasteiger partial charge in [-0.15, -0.1) is 0 Å². The normalized spacial score (nSPS) is 14.3. The van der Waals surface area contributed by atoms with E-state index >= 15 is 0 Å². The standard InChI is InChI=1S/C18H30O/c1-4-7-9-16-10-8-11-17(15-16)12-14-18(19,6-3)13-5-2/h8,10-11,15,19H,4-7,9,12-14H2,1-3H3. The number of benzene rings is 1. The molecule has 0 radical (unpaired) electrons. The van der Waals surface area contributed by atoms with E-state index in [2.05, 4.69) is 45.0 Å². The molecule has 0 saturated carbocycles. The van der Waals surface area contributed by atoms with Gasteiger partial charge in [0.2, 0.25) is 0 Å². The van der Waals surface area contributed by atoms with Crippen LogP contribution < -0.4 is 0 Å². The van der Waals surface area contributed by atoms with Gasteiger partial charge in [0.25, 0.3) is 0 Å². The predicted molar refractivity (Wildman–Crippen MR) is 83.5 cm³/mol. The highest BCUT2D eigenvalue weighted by Gasteiger charge is 2.22. The molecular formula is C18H30O. The van der Waals surface area contributed by atoms with Gasteiger partial charge in [-0.3, -0.25) is 0 Å². The van der Waals surface area contributed by atoms with Crippen LogP contribution in [0.25, 0.3) is 0 Å². The van der Waals surface area contributed by atoms with Gasteiger partial charge < -0.3 is 5.11 Å². The molecule has 0 aliphatic heterocycles. The minimum absolute atomic E-state index is 0.464. The second kappa shape index (κ2) is 8.37. The van der Waals surface area contributed by atoms with E-state index in [1.807, 2.05) is 0 Å². The minimum Gasteiger partial charge on any atom is -0.390 e. The average molecular weight is 262 g/mol. The van der Waals surface area contributed by atoms with Crippen LogP contribution in [0.15, 0.2) is 24.3 Å². The molecule has 0 heterocycles. The zero-order valence-corrected chi connectivity index (χ0v) is 12.9. The second-order valence-corrected chi connectivity index (χ2v) is 5.75. The molecule has 1 atom stereocenters. The molecule has 0 aromatic heterocycles. The SMILES string of the molecule is CCCCc1cccc(CCC(O)(CC)CCC)c1. The quantitative estimate of drug-likeness (QED) is 0.671. The molecule has 19 heavy (non-hydrogen) atoms. The van der Waals surface area contributed by atoms with E-state index in [1.165, 1.54) is 30.4 Å². The van der Waals surface area contributed by atoms with Gasteiger partial charge >= 0.3 is 0 Å². The Balaban J connectivity index is 2.56. The van der Waals surface area contributed by atoms with Crippen molar-refractivity contribution in [2.24, 2.45) is 0 Å². The molecule has 0 aliphatic rings. The average Bonchev–Trinajstić information content (AvgIpc) is 2.44. The van der Waals surface area contributed by atoms with Gasteiger partial charge in [-0.2, -0.15) is 0 Å². The van der Waals surface area contributed by atoms with Crippen LogP contribution in [0.5, 0.6) is 0 Å². The number of hydrogen-bond acceptors (Lipinski definition) is 1. The second-order valence-electron chi connectivity index (χ2n) is 5.75. The first-order valence-electron chi connectivity index (χ1n) is 7.93. The van der Waals surface area contributed by atoms with Crippen molar-refractivity contribution < 1.29 is 5.11 Å². The van der Waals surface area contributed by atoms with Gasteiger partial charge in [-0.1, -0.05) is 57.9 Å². The van der Waals surface area contributed by atoms with Gasteiger partial charge in [-0.05, 0) is 49.7 Å². The zero-order valence-electron chi connectivity index (χ0n) is 12.9. The van der Waals surface area contributed by atoms with Crippen LogP contribution in [-0.2, 0) is 12.8 Å². The fraction of sp³-hybridized carbons (Fsp3) is 0.667. The summed E-state index contributed by atoms with van der Waals surface area (Å²) < 4.78 is 0. The summed E-state index contributed by atoms with van der Waals surface area (Å²) in [5.41, 5.74) is 2.35. The third kappa shape index (κ3) is 5.78. The highest BCUT2D eigenvalue weighted by atomic mass is 16.3. The lowest BCUT2D eigenvalue weighted by Gasteiger charge is -2.26. The zero-order chi connectivity index (χ0) is 14.1. The Morgan fingerprint density at radius 1 is 0.947 bits per heavy atom. The molecule has 0 fully saturated rings. The van der Waals surface area contributed by atoms with E-state index in [0.717, 1.165) is 32.1 Å². The Hall–Kier alpha value is -0.820. The molecule has 0 spiro atoms.